The zero-order valence-corrected chi connectivity index (χ0v) is 17.8. The summed E-state index contributed by atoms with van der Waals surface area (Å²) in [6, 6.07) is 11.5. The molecule has 1 aromatic carbocycles. The minimum atomic E-state index is -0.183. The molecule has 0 radical (unpaired) electrons. The second-order valence-electron chi connectivity index (χ2n) is 7.52. The number of carbonyl (C=O) groups is 1. The molecule has 8 heteroatoms. The molecule has 0 spiro atoms. The van der Waals surface area contributed by atoms with E-state index >= 15 is 0 Å². The molecule has 0 bridgehead atoms. The van der Waals surface area contributed by atoms with E-state index in [0.717, 1.165) is 49.5 Å². The zero-order valence-electron chi connectivity index (χ0n) is 17.8. The molecule has 1 N–H and O–H groups in total. The van der Waals surface area contributed by atoms with Crippen LogP contribution in [0.1, 0.15) is 34.8 Å². The molecule has 0 atom stereocenters. The maximum atomic E-state index is 12.5. The molecule has 1 aliphatic heterocycles. The summed E-state index contributed by atoms with van der Waals surface area (Å²) in [7, 11) is 3.33. The van der Waals surface area contributed by atoms with Crippen LogP contribution < -0.4 is 14.8 Å². The van der Waals surface area contributed by atoms with Crippen molar-refractivity contribution in [3.8, 4) is 11.5 Å². The van der Waals surface area contributed by atoms with Crippen LogP contribution in [-0.4, -0.2) is 52.9 Å². The number of para-hydroxylation sites is 1. The average molecular weight is 422 g/mol. The Balaban J connectivity index is 1.38. The van der Waals surface area contributed by atoms with Crippen molar-refractivity contribution >= 4 is 11.7 Å². The summed E-state index contributed by atoms with van der Waals surface area (Å²) in [4.78, 5) is 18.9. The Kier molecular flexibility index (Phi) is 6.47. The molecule has 3 aromatic rings. The van der Waals surface area contributed by atoms with Crippen molar-refractivity contribution < 1.29 is 14.3 Å². The van der Waals surface area contributed by atoms with Crippen molar-refractivity contribution in [3.63, 3.8) is 0 Å². The molecule has 1 fully saturated rings. The molecule has 8 nitrogen and oxygen atoms in total. The summed E-state index contributed by atoms with van der Waals surface area (Å²) in [5, 5.41) is 7.44. The highest BCUT2D eigenvalue weighted by atomic mass is 16.5. The number of anilines is 1. The summed E-state index contributed by atoms with van der Waals surface area (Å²) in [5.41, 5.74) is 1.64. The summed E-state index contributed by atoms with van der Waals surface area (Å²) >= 11 is 0. The Hall–Kier alpha value is -3.39. The minimum absolute atomic E-state index is 0.183. The van der Waals surface area contributed by atoms with E-state index in [1.807, 2.05) is 22.9 Å². The topological polar surface area (TPSA) is 81.5 Å². The maximum absolute atomic E-state index is 12.5. The molecule has 162 valence electrons. The van der Waals surface area contributed by atoms with Crippen LogP contribution in [-0.2, 0) is 6.54 Å². The van der Waals surface area contributed by atoms with E-state index in [4.69, 9.17) is 9.47 Å². The lowest BCUT2D eigenvalue weighted by molar-refractivity contribution is 0.102. The largest absolute Gasteiger partial charge is 0.493 e. The van der Waals surface area contributed by atoms with Crippen molar-refractivity contribution in [3.05, 3.63) is 66.1 Å². The number of aromatic nitrogens is 3. The number of benzene rings is 1. The summed E-state index contributed by atoms with van der Waals surface area (Å²) in [6.45, 7) is 2.67. The predicted octanol–water partition coefficient (Wildman–Crippen LogP) is 3.38. The number of ether oxygens (including phenoxy) is 2. The quantitative estimate of drug-likeness (QED) is 0.630. The molecule has 1 aliphatic rings. The van der Waals surface area contributed by atoms with Gasteiger partial charge in [-0.05, 0) is 31.0 Å². The first-order chi connectivity index (χ1) is 15.2. The predicted molar refractivity (Wildman–Crippen MR) is 118 cm³/mol. The van der Waals surface area contributed by atoms with E-state index in [1.165, 1.54) is 0 Å². The number of nitrogens with one attached hydrogen (secondary N) is 1. The third-order valence-electron chi connectivity index (χ3n) is 5.62. The maximum Gasteiger partial charge on any atom is 0.258 e. The van der Waals surface area contributed by atoms with Gasteiger partial charge in [0.25, 0.3) is 5.91 Å². The van der Waals surface area contributed by atoms with Gasteiger partial charge in [0.1, 0.15) is 5.82 Å². The Morgan fingerprint density at radius 3 is 2.65 bits per heavy atom. The molecule has 1 saturated heterocycles. The number of hydrogen-bond acceptors (Lipinski definition) is 6. The number of pyridine rings is 1. The van der Waals surface area contributed by atoms with Crippen molar-refractivity contribution in [2.24, 2.45) is 0 Å². The van der Waals surface area contributed by atoms with Gasteiger partial charge in [-0.15, -0.1) is 0 Å². The molecule has 2 aromatic heterocycles. The van der Waals surface area contributed by atoms with Gasteiger partial charge in [0, 0.05) is 43.7 Å². The summed E-state index contributed by atoms with van der Waals surface area (Å²) < 4.78 is 12.9. The van der Waals surface area contributed by atoms with Crippen LogP contribution in [0.2, 0.25) is 0 Å². The first-order valence-electron chi connectivity index (χ1n) is 10.4. The normalized spacial score (nSPS) is 14.9. The highest BCUT2D eigenvalue weighted by Crippen LogP contribution is 2.33. The zero-order chi connectivity index (χ0) is 21.6. The third kappa shape index (κ3) is 4.69. The van der Waals surface area contributed by atoms with Crippen molar-refractivity contribution in [2.75, 3.05) is 32.6 Å². The second-order valence-corrected chi connectivity index (χ2v) is 7.52. The van der Waals surface area contributed by atoms with Crippen LogP contribution in [0.3, 0.4) is 0 Å². The first kappa shape index (κ1) is 20.9. The van der Waals surface area contributed by atoms with Gasteiger partial charge < -0.3 is 14.8 Å². The van der Waals surface area contributed by atoms with E-state index in [-0.39, 0.29) is 11.9 Å². The van der Waals surface area contributed by atoms with Crippen molar-refractivity contribution in [2.45, 2.75) is 25.4 Å². The van der Waals surface area contributed by atoms with Gasteiger partial charge >= 0.3 is 0 Å². The molecule has 0 aliphatic carbocycles. The first-order valence-corrected chi connectivity index (χ1v) is 10.4. The van der Waals surface area contributed by atoms with E-state index in [9.17, 15) is 4.79 Å². The molecule has 4 rings (SSSR count). The lowest BCUT2D eigenvalue weighted by atomic mass is 10.0. The third-order valence-corrected chi connectivity index (χ3v) is 5.62. The number of methoxy groups -OCH3 is 2. The fraction of sp³-hybridized carbons (Fsp3) is 0.348. The number of amides is 1. The number of likely N-dealkylation sites (tertiary alicyclic amines) is 1. The van der Waals surface area contributed by atoms with Gasteiger partial charge in [0.15, 0.2) is 11.5 Å². The molecular weight excluding hydrogens is 394 g/mol. The van der Waals surface area contributed by atoms with E-state index in [0.29, 0.717) is 11.4 Å². The fourth-order valence-electron chi connectivity index (χ4n) is 4.03. The number of rotatable bonds is 7. The SMILES string of the molecule is COc1cccc(CN2CCC(n3nccc3NC(=O)c3cccnc3)CC2)c1OC. The molecule has 1 amide bonds. The highest BCUT2D eigenvalue weighted by Gasteiger charge is 2.24. The van der Waals surface area contributed by atoms with Gasteiger partial charge in [-0.2, -0.15) is 5.10 Å². The van der Waals surface area contributed by atoms with Gasteiger partial charge in [-0.3, -0.25) is 14.7 Å². The molecule has 0 unspecified atom stereocenters. The standard InChI is InChI=1S/C23H27N5O3/c1-30-20-7-3-5-18(22(20)31-2)16-27-13-9-19(10-14-27)28-21(8-12-25-28)26-23(29)17-6-4-11-24-15-17/h3-8,11-12,15,19H,9-10,13-14,16H2,1-2H3,(H,26,29). The van der Waals surface area contributed by atoms with Gasteiger partial charge in [0.2, 0.25) is 0 Å². The van der Waals surface area contributed by atoms with Gasteiger partial charge in [-0.1, -0.05) is 12.1 Å². The smallest absolute Gasteiger partial charge is 0.258 e. The fourth-order valence-corrected chi connectivity index (χ4v) is 4.03. The van der Waals surface area contributed by atoms with Crippen LogP contribution in [0.4, 0.5) is 5.82 Å². The molecule has 31 heavy (non-hydrogen) atoms. The minimum Gasteiger partial charge on any atom is -0.493 e. The molecular formula is C23H27N5O3. The summed E-state index contributed by atoms with van der Waals surface area (Å²) in [5.74, 6) is 2.07. The Bertz CT molecular complexity index is 1010. The van der Waals surface area contributed by atoms with Crippen molar-refractivity contribution in [1.29, 1.82) is 0 Å². The van der Waals surface area contributed by atoms with Crippen LogP contribution in [0.15, 0.2) is 55.0 Å². The van der Waals surface area contributed by atoms with E-state index < -0.39 is 0 Å². The Morgan fingerprint density at radius 1 is 1.10 bits per heavy atom. The number of carbonyl (C=O) groups excluding carboxylic acids is 1. The number of nitrogens with zero attached hydrogens (tertiary/aromatic N) is 4. The lowest BCUT2D eigenvalue weighted by Gasteiger charge is -2.33. The van der Waals surface area contributed by atoms with E-state index in [2.05, 4.69) is 26.4 Å². The van der Waals surface area contributed by atoms with E-state index in [1.54, 1.807) is 44.9 Å². The van der Waals surface area contributed by atoms with Crippen molar-refractivity contribution in [1.82, 2.24) is 19.7 Å². The van der Waals surface area contributed by atoms with Crippen LogP contribution >= 0.6 is 0 Å². The van der Waals surface area contributed by atoms with Gasteiger partial charge in [0.05, 0.1) is 32.0 Å². The van der Waals surface area contributed by atoms with Crippen LogP contribution in [0.5, 0.6) is 11.5 Å². The molecule has 0 saturated carbocycles. The van der Waals surface area contributed by atoms with Gasteiger partial charge in [-0.25, -0.2) is 4.68 Å². The monoisotopic (exact) mass is 421 g/mol. The second kappa shape index (κ2) is 9.61. The van der Waals surface area contributed by atoms with Crippen LogP contribution in [0, 0.1) is 0 Å². The Morgan fingerprint density at radius 2 is 1.94 bits per heavy atom. The Labute approximate surface area is 181 Å². The lowest BCUT2D eigenvalue weighted by Crippen LogP contribution is -2.35. The molecule has 3 heterocycles. The van der Waals surface area contributed by atoms with Crippen LogP contribution in [0.25, 0.3) is 0 Å². The summed E-state index contributed by atoms with van der Waals surface area (Å²) in [6.07, 6.45) is 6.83. The average Bonchev–Trinajstić information content (AvgIpc) is 3.28. The number of hydrogen-bond donors (Lipinski definition) is 1. The highest BCUT2D eigenvalue weighted by molar-refractivity contribution is 6.03. The number of piperidine rings is 1.